The Morgan fingerprint density at radius 3 is 2.90 bits per heavy atom. The monoisotopic (exact) mass is 356 g/mol. The minimum atomic E-state index is -0.181. The average molecular weight is 357 g/mol. The van der Waals surface area contributed by atoms with Crippen LogP contribution in [0.1, 0.15) is 19.4 Å². The Morgan fingerprint density at radius 2 is 2.30 bits per heavy atom. The van der Waals surface area contributed by atoms with E-state index in [4.69, 9.17) is 5.73 Å². The highest BCUT2D eigenvalue weighted by atomic mass is 79.9. The molecule has 2 rings (SSSR count). The van der Waals surface area contributed by atoms with Crippen LogP contribution in [0.15, 0.2) is 37.5 Å². The molecule has 0 fully saturated rings. The van der Waals surface area contributed by atoms with Crippen LogP contribution in [-0.4, -0.2) is 20.8 Å². The Kier molecular flexibility index (Phi) is 5.06. The zero-order valence-corrected chi connectivity index (χ0v) is 13.8. The maximum absolute atomic E-state index is 11.5. The van der Waals surface area contributed by atoms with Crippen molar-refractivity contribution in [3.05, 3.63) is 38.7 Å². The predicted molar refractivity (Wildman–Crippen MR) is 84.1 cm³/mol. The summed E-state index contributed by atoms with van der Waals surface area (Å²) >= 11 is 5.02. The molecule has 0 bridgehead atoms. The third kappa shape index (κ3) is 3.53. The van der Waals surface area contributed by atoms with Gasteiger partial charge in [-0.05, 0) is 65.7 Å². The molecule has 0 aliphatic rings. The van der Waals surface area contributed by atoms with Crippen molar-refractivity contribution in [1.29, 1.82) is 0 Å². The maximum atomic E-state index is 11.5. The van der Waals surface area contributed by atoms with Crippen molar-refractivity contribution in [1.82, 2.24) is 14.8 Å². The smallest absolute Gasteiger partial charge is 0.328 e. The minimum Gasteiger partial charge on any atom is -0.328 e. The van der Waals surface area contributed by atoms with E-state index >= 15 is 0 Å². The Labute approximate surface area is 130 Å². The van der Waals surface area contributed by atoms with Crippen molar-refractivity contribution in [2.24, 2.45) is 5.73 Å². The Morgan fingerprint density at radius 1 is 1.55 bits per heavy atom. The fraction of sp³-hybridized carbons (Fsp3) is 0.385. The van der Waals surface area contributed by atoms with E-state index in [-0.39, 0.29) is 11.7 Å². The molecule has 0 saturated heterocycles. The number of benzene rings is 1. The summed E-state index contributed by atoms with van der Waals surface area (Å²) in [5.41, 5.74) is 6.81. The second-order valence-electron chi connectivity index (χ2n) is 4.60. The van der Waals surface area contributed by atoms with Crippen molar-refractivity contribution in [3.63, 3.8) is 0 Å². The molecule has 0 aliphatic carbocycles. The van der Waals surface area contributed by atoms with Crippen molar-refractivity contribution in [2.45, 2.75) is 42.9 Å². The van der Waals surface area contributed by atoms with Gasteiger partial charge in [-0.25, -0.2) is 9.89 Å². The predicted octanol–water partition coefficient (Wildman–Crippen LogP) is 2.39. The van der Waals surface area contributed by atoms with E-state index in [1.165, 1.54) is 17.3 Å². The van der Waals surface area contributed by atoms with E-state index in [2.05, 4.69) is 38.3 Å². The van der Waals surface area contributed by atoms with Gasteiger partial charge in [0.2, 0.25) is 0 Å². The summed E-state index contributed by atoms with van der Waals surface area (Å²) in [5, 5.41) is 7.18. The van der Waals surface area contributed by atoms with E-state index < -0.39 is 0 Å². The molecular weight excluding hydrogens is 340 g/mol. The topological polar surface area (TPSA) is 76.7 Å². The molecule has 7 heteroatoms. The lowest BCUT2D eigenvalue weighted by atomic mass is 10.1. The first-order valence-electron chi connectivity index (χ1n) is 6.38. The van der Waals surface area contributed by atoms with Crippen LogP contribution in [0, 0.1) is 0 Å². The summed E-state index contributed by atoms with van der Waals surface area (Å²) in [5.74, 6) is 0. The average Bonchev–Trinajstić information content (AvgIpc) is 2.72. The largest absolute Gasteiger partial charge is 0.343 e. The Bertz CT molecular complexity index is 650. The van der Waals surface area contributed by atoms with E-state index in [0.29, 0.717) is 11.7 Å². The first-order valence-corrected chi connectivity index (χ1v) is 7.99. The molecule has 1 unspecified atom stereocenters. The van der Waals surface area contributed by atoms with Gasteiger partial charge < -0.3 is 5.73 Å². The van der Waals surface area contributed by atoms with Crippen LogP contribution in [0.25, 0.3) is 0 Å². The van der Waals surface area contributed by atoms with E-state index in [1.54, 1.807) is 4.57 Å². The van der Waals surface area contributed by atoms with Gasteiger partial charge in [0.1, 0.15) is 0 Å². The van der Waals surface area contributed by atoms with Gasteiger partial charge in [-0.2, -0.15) is 0 Å². The van der Waals surface area contributed by atoms with Gasteiger partial charge in [-0.1, -0.05) is 6.07 Å². The molecule has 2 aromatic rings. The summed E-state index contributed by atoms with van der Waals surface area (Å²) in [4.78, 5) is 12.5. The van der Waals surface area contributed by atoms with Crippen LogP contribution in [0.4, 0.5) is 0 Å². The third-order valence-corrected chi connectivity index (χ3v) is 4.78. The Balaban J connectivity index is 2.23. The first kappa shape index (κ1) is 15.3. The molecule has 0 radical (unpaired) electrons. The van der Waals surface area contributed by atoms with Crippen LogP contribution in [-0.2, 0) is 13.0 Å². The van der Waals surface area contributed by atoms with Gasteiger partial charge in [0.05, 0.1) is 0 Å². The van der Waals surface area contributed by atoms with Gasteiger partial charge in [0, 0.05) is 22.0 Å². The van der Waals surface area contributed by atoms with E-state index in [9.17, 15) is 4.79 Å². The van der Waals surface area contributed by atoms with Crippen molar-refractivity contribution >= 4 is 27.7 Å². The number of hydrogen-bond donors (Lipinski definition) is 2. The van der Waals surface area contributed by atoms with Crippen LogP contribution in [0.2, 0.25) is 0 Å². The molecule has 1 aromatic carbocycles. The summed E-state index contributed by atoms with van der Waals surface area (Å²) in [7, 11) is 0. The lowest BCUT2D eigenvalue weighted by molar-refractivity contribution is 0.660. The second kappa shape index (κ2) is 6.60. The number of nitrogens with two attached hydrogens (primary N) is 1. The number of aromatic nitrogens is 3. The SMILES string of the molecule is CCn1c(Sc2ccc(CC(C)N)cc2Br)n[nH]c1=O. The molecule has 1 aromatic heterocycles. The fourth-order valence-electron chi connectivity index (χ4n) is 1.88. The molecule has 1 heterocycles. The van der Waals surface area contributed by atoms with Gasteiger partial charge in [-0.15, -0.1) is 5.10 Å². The number of rotatable bonds is 5. The molecule has 0 spiro atoms. The molecule has 5 nitrogen and oxygen atoms in total. The van der Waals surface area contributed by atoms with Crippen molar-refractivity contribution in [2.75, 3.05) is 0 Å². The fourth-order valence-corrected chi connectivity index (χ4v) is 3.46. The highest BCUT2D eigenvalue weighted by Crippen LogP contribution is 2.32. The van der Waals surface area contributed by atoms with Crippen LogP contribution >= 0.6 is 27.7 Å². The molecule has 0 aliphatic heterocycles. The summed E-state index contributed by atoms with van der Waals surface area (Å²) in [6.45, 7) is 4.50. The number of aromatic amines is 1. The van der Waals surface area contributed by atoms with Crippen molar-refractivity contribution in [3.8, 4) is 0 Å². The number of H-pyrrole nitrogens is 1. The van der Waals surface area contributed by atoms with E-state index in [0.717, 1.165) is 15.8 Å². The second-order valence-corrected chi connectivity index (χ2v) is 6.47. The molecule has 3 N–H and O–H groups in total. The lowest BCUT2D eigenvalue weighted by Crippen LogP contribution is -2.17. The lowest BCUT2D eigenvalue weighted by Gasteiger charge is -2.09. The number of nitrogens with zero attached hydrogens (tertiary/aromatic N) is 2. The third-order valence-electron chi connectivity index (χ3n) is 2.79. The molecular formula is C13H17BrN4OS. The number of nitrogens with one attached hydrogen (secondary N) is 1. The highest BCUT2D eigenvalue weighted by molar-refractivity contribution is 9.10. The van der Waals surface area contributed by atoms with Crippen LogP contribution in [0.5, 0.6) is 0 Å². The van der Waals surface area contributed by atoms with Crippen LogP contribution in [0.3, 0.4) is 0 Å². The minimum absolute atomic E-state index is 0.136. The van der Waals surface area contributed by atoms with E-state index in [1.807, 2.05) is 19.9 Å². The molecule has 20 heavy (non-hydrogen) atoms. The van der Waals surface area contributed by atoms with Gasteiger partial charge >= 0.3 is 5.69 Å². The zero-order valence-electron chi connectivity index (χ0n) is 11.4. The standard InChI is InChI=1S/C13H17BrN4OS/c1-3-18-12(19)16-17-13(18)20-11-5-4-9(6-8(2)15)7-10(11)14/h4-5,7-8H,3,6,15H2,1-2H3,(H,16,19). The van der Waals surface area contributed by atoms with Crippen molar-refractivity contribution < 1.29 is 0 Å². The summed E-state index contributed by atoms with van der Waals surface area (Å²) in [6.07, 6.45) is 0.839. The number of hydrogen-bond acceptors (Lipinski definition) is 4. The van der Waals surface area contributed by atoms with Gasteiger partial charge in [0.15, 0.2) is 5.16 Å². The summed E-state index contributed by atoms with van der Waals surface area (Å²) < 4.78 is 2.59. The van der Waals surface area contributed by atoms with Gasteiger partial charge in [0.25, 0.3) is 0 Å². The molecule has 108 valence electrons. The molecule has 0 amide bonds. The first-order chi connectivity index (χ1) is 9.51. The normalized spacial score (nSPS) is 12.6. The highest BCUT2D eigenvalue weighted by Gasteiger charge is 2.11. The Hall–Kier alpha value is -1.05. The van der Waals surface area contributed by atoms with Gasteiger partial charge in [-0.3, -0.25) is 4.57 Å². The zero-order chi connectivity index (χ0) is 14.7. The molecule has 1 atom stereocenters. The van der Waals surface area contributed by atoms with Crippen LogP contribution < -0.4 is 11.4 Å². The number of halogens is 1. The summed E-state index contributed by atoms with van der Waals surface area (Å²) in [6, 6.07) is 6.27. The quantitative estimate of drug-likeness (QED) is 0.862. The molecule has 0 saturated carbocycles. The maximum Gasteiger partial charge on any atom is 0.343 e.